The van der Waals surface area contributed by atoms with E-state index in [1.54, 1.807) is 0 Å². The molecule has 1 aromatic heterocycles. The number of benzene rings is 1. The van der Waals surface area contributed by atoms with Crippen molar-refractivity contribution in [3.05, 3.63) is 52.0 Å². The number of hydrogen-bond donors (Lipinski definition) is 0. The number of methoxy groups -OCH3 is 1. The smallest absolute Gasteiger partial charge is 0.311 e. The van der Waals surface area contributed by atoms with E-state index in [-0.39, 0.29) is 18.5 Å². The van der Waals surface area contributed by atoms with Crippen LogP contribution in [0.4, 0.5) is 0 Å². The van der Waals surface area contributed by atoms with Gasteiger partial charge in [-0.2, -0.15) is 0 Å². The van der Waals surface area contributed by atoms with E-state index in [2.05, 4.69) is 9.72 Å². The van der Waals surface area contributed by atoms with Gasteiger partial charge in [-0.25, -0.2) is 4.98 Å². The van der Waals surface area contributed by atoms with Crippen LogP contribution in [0.1, 0.15) is 29.3 Å². The van der Waals surface area contributed by atoms with Crippen molar-refractivity contribution < 1.29 is 14.3 Å². The van der Waals surface area contributed by atoms with Crippen LogP contribution in [0.3, 0.4) is 0 Å². The summed E-state index contributed by atoms with van der Waals surface area (Å²) in [7, 11) is 1.38. The number of carbonyl (C=O) groups is 1. The average molecular weight is 291 g/mol. The minimum atomic E-state index is -0.283. The molecule has 0 amide bonds. The van der Waals surface area contributed by atoms with Crippen LogP contribution in [-0.4, -0.2) is 24.7 Å². The SMILES string of the molecule is CCOC(c1ccccc1)c1nc(CC(=O)OC)cs1. The molecule has 0 aliphatic heterocycles. The van der Waals surface area contributed by atoms with Gasteiger partial charge in [0.1, 0.15) is 11.1 Å². The molecule has 1 aromatic carbocycles. The van der Waals surface area contributed by atoms with Crippen LogP contribution in [0, 0.1) is 0 Å². The maximum atomic E-state index is 11.3. The van der Waals surface area contributed by atoms with E-state index in [1.165, 1.54) is 18.4 Å². The number of aromatic nitrogens is 1. The Morgan fingerprint density at radius 2 is 2.10 bits per heavy atom. The first-order valence-corrected chi connectivity index (χ1v) is 7.30. The quantitative estimate of drug-likeness (QED) is 0.768. The number of ether oxygens (including phenoxy) is 2. The molecule has 0 aliphatic carbocycles. The Morgan fingerprint density at radius 3 is 2.75 bits per heavy atom. The molecule has 1 heterocycles. The van der Waals surface area contributed by atoms with Gasteiger partial charge in [0.15, 0.2) is 0 Å². The van der Waals surface area contributed by atoms with Crippen LogP contribution in [0.15, 0.2) is 35.7 Å². The predicted octanol–water partition coefficient (Wildman–Crippen LogP) is 2.98. The lowest BCUT2D eigenvalue weighted by Gasteiger charge is -2.14. The minimum Gasteiger partial charge on any atom is -0.469 e. The van der Waals surface area contributed by atoms with Gasteiger partial charge in [0.2, 0.25) is 0 Å². The Labute approximate surface area is 122 Å². The maximum absolute atomic E-state index is 11.3. The lowest BCUT2D eigenvalue weighted by molar-refractivity contribution is -0.139. The summed E-state index contributed by atoms with van der Waals surface area (Å²) in [5.74, 6) is -0.283. The van der Waals surface area contributed by atoms with Crippen LogP contribution in [0.2, 0.25) is 0 Å². The number of hydrogen-bond acceptors (Lipinski definition) is 5. The second-order valence-corrected chi connectivity index (χ2v) is 5.07. The van der Waals surface area contributed by atoms with Crippen molar-refractivity contribution in [2.75, 3.05) is 13.7 Å². The largest absolute Gasteiger partial charge is 0.469 e. The molecule has 2 aromatic rings. The fraction of sp³-hybridized carbons (Fsp3) is 0.333. The Kier molecular flexibility index (Phi) is 5.26. The standard InChI is InChI=1S/C15H17NO3S/c1-3-19-14(11-7-5-4-6-8-11)15-16-12(10-20-15)9-13(17)18-2/h4-8,10,14H,3,9H2,1-2H3. The molecule has 5 heteroatoms. The zero-order chi connectivity index (χ0) is 14.4. The molecule has 106 valence electrons. The van der Waals surface area contributed by atoms with E-state index in [0.29, 0.717) is 6.61 Å². The molecule has 2 rings (SSSR count). The highest BCUT2D eigenvalue weighted by molar-refractivity contribution is 7.09. The summed E-state index contributed by atoms with van der Waals surface area (Å²) in [5, 5.41) is 2.73. The van der Waals surface area contributed by atoms with Gasteiger partial charge in [-0.1, -0.05) is 30.3 Å². The van der Waals surface area contributed by atoms with E-state index in [4.69, 9.17) is 4.74 Å². The topological polar surface area (TPSA) is 48.4 Å². The minimum absolute atomic E-state index is 0.183. The lowest BCUT2D eigenvalue weighted by atomic mass is 10.1. The van der Waals surface area contributed by atoms with Gasteiger partial charge in [0.05, 0.1) is 19.2 Å². The van der Waals surface area contributed by atoms with Crippen molar-refractivity contribution in [2.24, 2.45) is 0 Å². The summed E-state index contributed by atoms with van der Waals surface area (Å²) in [6.07, 6.45) is 0.0123. The maximum Gasteiger partial charge on any atom is 0.311 e. The molecule has 0 saturated carbocycles. The lowest BCUT2D eigenvalue weighted by Crippen LogP contribution is -2.08. The fourth-order valence-electron chi connectivity index (χ4n) is 1.85. The molecule has 0 bridgehead atoms. The first-order valence-electron chi connectivity index (χ1n) is 6.42. The van der Waals surface area contributed by atoms with Crippen molar-refractivity contribution in [2.45, 2.75) is 19.4 Å². The number of nitrogens with zero attached hydrogens (tertiary/aromatic N) is 1. The zero-order valence-electron chi connectivity index (χ0n) is 11.5. The molecular weight excluding hydrogens is 274 g/mol. The Hall–Kier alpha value is -1.72. The second-order valence-electron chi connectivity index (χ2n) is 4.18. The second kappa shape index (κ2) is 7.17. The molecule has 0 radical (unpaired) electrons. The van der Waals surface area contributed by atoms with Gasteiger partial charge in [0, 0.05) is 12.0 Å². The van der Waals surface area contributed by atoms with Crippen LogP contribution in [0.25, 0.3) is 0 Å². The van der Waals surface area contributed by atoms with Crippen LogP contribution in [0.5, 0.6) is 0 Å². The highest BCUT2D eigenvalue weighted by atomic mass is 32.1. The van der Waals surface area contributed by atoms with Crippen LogP contribution in [-0.2, 0) is 20.7 Å². The first-order chi connectivity index (χ1) is 9.74. The predicted molar refractivity (Wildman–Crippen MR) is 77.7 cm³/mol. The molecule has 4 nitrogen and oxygen atoms in total. The van der Waals surface area contributed by atoms with Gasteiger partial charge in [-0.15, -0.1) is 11.3 Å². The van der Waals surface area contributed by atoms with Crippen molar-refractivity contribution >= 4 is 17.3 Å². The zero-order valence-corrected chi connectivity index (χ0v) is 12.4. The normalized spacial score (nSPS) is 12.1. The third-order valence-electron chi connectivity index (χ3n) is 2.78. The Balaban J connectivity index is 2.20. The summed E-state index contributed by atoms with van der Waals surface area (Å²) in [6, 6.07) is 9.95. The summed E-state index contributed by atoms with van der Waals surface area (Å²) in [5.41, 5.74) is 1.78. The summed E-state index contributed by atoms with van der Waals surface area (Å²) >= 11 is 1.50. The van der Waals surface area contributed by atoms with Crippen LogP contribution < -0.4 is 0 Å². The van der Waals surface area contributed by atoms with E-state index < -0.39 is 0 Å². The number of esters is 1. The summed E-state index contributed by atoms with van der Waals surface area (Å²) in [4.78, 5) is 15.8. The summed E-state index contributed by atoms with van der Waals surface area (Å²) < 4.78 is 10.4. The van der Waals surface area contributed by atoms with Gasteiger partial charge in [-0.3, -0.25) is 4.79 Å². The van der Waals surface area contributed by atoms with Crippen molar-refractivity contribution in [3.8, 4) is 0 Å². The monoisotopic (exact) mass is 291 g/mol. The molecule has 1 unspecified atom stereocenters. The molecule has 0 aliphatic rings. The van der Waals surface area contributed by atoms with Crippen molar-refractivity contribution in [1.82, 2.24) is 4.98 Å². The van der Waals surface area contributed by atoms with E-state index >= 15 is 0 Å². The van der Waals surface area contributed by atoms with Crippen molar-refractivity contribution in [1.29, 1.82) is 0 Å². The number of carbonyl (C=O) groups excluding carboxylic acids is 1. The van der Waals surface area contributed by atoms with Gasteiger partial charge in [-0.05, 0) is 12.5 Å². The van der Waals surface area contributed by atoms with E-state index in [1.807, 2.05) is 42.6 Å². The van der Waals surface area contributed by atoms with Crippen molar-refractivity contribution in [3.63, 3.8) is 0 Å². The molecule has 0 N–H and O–H groups in total. The number of rotatable bonds is 6. The van der Waals surface area contributed by atoms with E-state index in [0.717, 1.165) is 16.3 Å². The first kappa shape index (κ1) is 14.7. The fourth-order valence-corrected chi connectivity index (χ4v) is 2.74. The van der Waals surface area contributed by atoms with Crippen LogP contribution >= 0.6 is 11.3 Å². The summed E-state index contributed by atoms with van der Waals surface area (Å²) in [6.45, 7) is 2.56. The highest BCUT2D eigenvalue weighted by Crippen LogP contribution is 2.28. The van der Waals surface area contributed by atoms with Gasteiger partial charge < -0.3 is 9.47 Å². The Bertz CT molecular complexity index is 553. The molecule has 1 atom stereocenters. The molecule has 0 fully saturated rings. The molecule has 0 saturated heterocycles. The van der Waals surface area contributed by atoms with Gasteiger partial charge >= 0.3 is 5.97 Å². The third-order valence-corrected chi connectivity index (χ3v) is 3.72. The molecule has 20 heavy (non-hydrogen) atoms. The third kappa shape index (κ3) is 3.65. The van der Waals surface area contributed by atoms with E-state index in [9.17, 15) is 4.79 Å². The molecular formula is C15H17NO3S. The highest BCUT2D eigenvalue weighted by Gasteiger charge is 2.18. The number of thiazole rings is 1. The molecule has 0 spiro atoms. The Morgan fingerprint density at radius 1 is 1.35 bits per heavy atom. The average Bonchev–Trinajstić information content (AvgIpc) is 2.93. The van der Waals surface area contributed by atoms with Gasteiger partial charge in [0.25, 0.3) is 0 Å².